The lowest BCUT2D eigenvalue weighted by molar-refractivity contribution is -0.104. The molecule has 19 heavy (non-hydrogen) atoms. The quantitative estimate of drug-likeness (QED) is 0.459. The van der Waals surface area contributed by atoms with Crippen molar-refractivity contribution in [2.45, 2.75) is 51.2 Å². The Morgan fingerprint density at radius 1 is 1.11 bits per heavy atom. The Bertz CT molecular complexity index is 451. The zero-order valence-electron chi connectivity index (χ0n) is 12.1. The Balaban J connectivity index is 2.20. The molecule has 2 rings (SSSR count). The molecular weight excluding hydrogens is 248 g/mol. The van der Waals surface area contributed by atoms with Crippen LogP contribution in [0.15, 0.2) is 41.5 Å². The maximum absolute atomic E-state index is 11.5. The Labute approximate surface area is 117 Å². The van der Waals surface area contributed by atoms with Crippen LogP contribution in [0.1, 0.15) is 32.1 Å². The molecule has 0 radical (unpaired) electrons. The topological polar surface area (TPSA) is 17.1 Å². The normalized spacial score (nSPS) is 16.2. The van der Waals surface area contributed by atoms with Gasteiger partial charge in [0.25, 0.3) is 0 Å². The number of rotatable bonds is 4. The third-order valence-electron chi connectivity index (χ3n) is 4.24. The fraction of sp³-hybridized carbons (Fsp3) is 0.471. The summed E-state index contributed by atoms with van der Waals surface area (Å²) in [6, 6.07) is 11.7. The Kier molecular flexibility index (Phi) is 4.75. The summed E-state index contributed by atoms with van der Waals surface area (Å²) < 4.78 is 0. The van der Waals surface area contributed by atoms with Gasteiger partial charge in [0.1, 0.15) is 6.29 Å². The Morgan fingerprint density at radius 3 is 2.32 bits per heavy atom. The van der Waals surface area contributed by atoms with Crippen molar-refractivity contribution in [2.24, 2.45) is 0 Å². The van der Waals surface area contributed by atoms with Crippen LogP contribution in [0.2, 0.25) is 19.1 Å². The van der Waals surface area contributed by atoms with E-state index in [1.807, 2.05) is 0 Å². The van der Waals surface area contributed by atoms with Gasteiger partial charge in [-0.15, -0.1) is 0 Å². The molecule has 0 aromatic heterocycles. The molecule has 1 aromatic carbocycles. The average molecular weight is 272 g/mol. The molecule has 1 nitrogen and oxygen atoms in total. The molecule has 1 fully saturated rings. The minimum Gasteiger partial charge on any atom is -0.298 e. The first-order valence-corrected chi connectivity index (χ1v) is 10.6. The first-order valence-electron chi connectivity index (χ1n) is 7.35. The monoisotopic (exact) mass is 272 g/mol. The number of aldehydes is 1. The van der Waals surface area contributed by atoms with Crippen molar-refractivity contribution < 1.29 is 4.79 Å². The molecule has 1 aliphatic rings. The summed E-state index contributed by atoms with van der Waals surface area (Å²) in [7, 11) is -1.54. The smallest absolute Gasteiger partial charge is 0.145 e. The van der Waals surface area contributed by atoms with Crippen LogP contribution in [0.25, 0.3) is 0 Å². The largest absolute Gasteiger partial charge is 0.298 e. The number of hydrogen-bond acceptors (Lipinski definition) is 1. The predicted molar refractivity (Wildman–Crippen MR) is 84.5 cm³/mol. The molecule has 0 aliphatic heterocycles. The molecular formula is C17H24OSi. The van der Waals surface area contributed by atoms with E-state index in [0.717, 1.165) is 30.7 Å². The summed E-state index contributed by atoms with van der Waals surface area (Å²) in [4.78, 5) is 11.5. The molecule has 0 atom stereocenters. The van der Waals surface area contributed by atoms with E-state index in [0.29, 0.717) is 0 Å². The lowest BCUT2D eigenvalue weighted by Gasteiger charge is -2.25. The van der Waals surface area contributed by atoms with Crippen molar-refractivity contribution in [1.82, 2.24) is 0 Å². The standard InChI is InChI=1S/C17H24OSi/c1-19(2,17-11-7-4-8-12-17)14-16(13-18)15-9-5-3-6-10-15/h4,7-8,11-13H,3,5-6,9-10,14H2,1-2H3. The van der Waals surface area contributed by atoms with Crippen molar-refractivity contribution in [3.05, 3.63) is 41.5 Å². The van der Waals surface area contributed by atoms with E-state index in [1.54, 1.807) is 0 Å². The molecule has 1 aliphatic carbocycles. The molecule has 0 bridgehead atoms. The van der Waals surface area contributed by atoms with E-state index in [-0.39, 0.29) is 0 Å². The molecule has 102 valence electrons. The van der Waals surface area contributed by atoms with Crippen LogP contribution in [0, 0.1) is 0 Å². The van der Waals surface area contributed by atoms with E-state index >= 15 is 0 Å². The molecule has 0 heterocycles. The summed E-state index contributed by atoms with van der Waals surface area (Å²) >= 11 is 0. The van der Waals surface area contributed by atoms with Crippen LogP contribution in [-0.4, -0.2) is 14.4 Å². The maximum Gasteiger partial charge on any atom is 0.145 e. The van der Waals surface area contributed by atoms with E-state index in [9.17, 15) is 4.79 Å². The van der Waals surface area contributed by atoms with Gasteiger partial charge in [0.2, 0.25) is 0 Å². The fourth-order valence-electron chi connectivity index (χ4n) is 3.02. The second kappa shape index (κ2) is 6.33. The van der Waals surface area contributed by atoms with E-state index in [1.165, 1.54) is 30.0 Å². The third kappa shape index (κ3) is 3.66. The predicted octanol–water partition coefficient (Wildman–Crippen LogP) is 4.06. The SMILES string of the molecule is C[Si](C)(CC(C=O)=C1CCCCC1)c1ccccc1. The second-order valence-corrected chi connectivity index (χ2v) is 10.9. The summed E-state index contributed by atoms with van der Waals surface area (Å²) in [5.74, 6) is 0. The molecule has 0 saturated heterocycles. The van der Waals surface area contributed by atoms with Crippen molar-refractivity contribution in [3.8, 4) is 0 Å². The number of benzene rings is 1. The Morgan fingerprint density at radius 2 is 1.74 bits per heavy atom. The van der Waals surface area contributed by atoms with E-state index in [4.69, 9.17) is 0 Å². The third-order valence-corrected chi connectivity index (χ3v) is 7.40. The number of allylic oxidation sites excluding steroid dienone is 2. The van der Waals surface area contributed by atoms with Crippen molar-refractivity contribution in [3.63, 3.8) is 0 Å². The highest BCUT2D eigenvalue weighted by atomic mass is 28.3. The zero-order valence-corrected chi connectivity index (χ0v) is 13.1. The average Bonchev–Trinajstić information content (AvgIpc) is 2.47. The maximum atomic E-state index is 11.5. The lowest BCUT2D eigenvalue weighted by Crippen LogP contribution is -2.41. The minimum absolute atomic E-state index is 0.996. The van der Waals surface area contributed by atoms with Crippen molar-refractivity contribution in [1.29, 1.82) is 0 Å². The van der Waals surface area contributed by atoms with Crippen LogP contribution in [-0.2, 0) is 4.79 Å². The number of carbonyl (C=O) groups is 1. The van der Waals surface area contributed by atoms with Crippen LogP contribution in [0.5, 0.6) is 0 Å². The van der Waals surface area contributed by atoms with Gasteiger partial charge in [-0.3, -0.25) is 4.79 Å². The second-order valence-electron chi connectivity index (χ2n) is 6.23. The highest BCUT2D eigenvalue weighted by Gasteiger charge is 2.26. The van der Waals surface area contributed by atoms with Crippen LogP contribution < -0.4 is 5.19 Å². The van der Waals surface area contributed by atoms with Gasteiger partial charge >= 0.3 is 0 Å². The van der Waals surface area contributed by atoms with Crippen LogP contribution >= 0.6 is 0 Å². The minimum atomic E-state index is -1.54. The highest BCUT2D eigenvalue weighted by molar-refractivity contribution is 6.90. The number of carbonyl (C=O) groups excluding carboxylic acids is 1. The molecule has 0 spiro atoms. The number of hydrogen-bond donors (Lipinski definition) is 0. The Hall–Kier alpha value is -1.15. The van der Waals surface area contributed by atoms with Gasteiger partial charge in [0, 0.05) is 0 Å². The van der Waals surface area contributed by atoms with Crippen molar-refractivity contribution in [2.75, 3.05) is 0 Å². The summed E-state index contributed by atoms with van der Waals surface area (Å²) in [6.07, 6.45) is 7.29. The fourth-order valence-corrected chi connectivity index (χ4v) is 5.60. The van der Waals surface area contributed by atoms with Crippen LogP contribution in [0.4, 0.5) is 0 Å². The molecule has 1 aromatic rings. The molecule has 1 saturated carbocycles. The summed E-state index contributed by atoms with van der Waals surface area (Å²) in [6.45, 7) is 4.74. The van der Waals surface area contributed by atoms with Crippen molar-refractivity contribution >= 4 is 19.5 Å². The molecule has 2 heteroatoms. The van der Waals surface area contributed by atoms with Gasteiger partial charge in [-0.25, -0.2) is 0 Å². The molecule has 0 N–H and O–H groups in total. The van der Waals surface area contributed by atoms with Gasteiger partial charge in [0.15, 0.2) is 0 Å². The zero-order chi connectivity index (χ0) is 13.7. The first-order chi connectivity index (χ1) is 9.13. The van der Waals surface area contributed by atoms with Gasteiger partial charge in [0.05, 0.1) is 8.07 Å². The lowest BCUT2D eigenvalue weighted by atomic mass is 9.92. The van der Waals surface area contributed by atoms with E-state index < -0.39 is 8.07 Å². The first kappa shape index (κ1) is 14.3. The van der Waals surface area contributed by atoms with Crippen LogP contribution in [0.3, 0.4) is 0 Å². The summed E-state index contributed by atoms with van der Waals surface area (Å²) in [5, 5.41) is 1.45. The molecule has 0 unspecified atom stereocenters. The highest BCUT2D eigenvalue weighted by Crippen LogP contribution is 2.28. The summed E-state index contributed by atoms with van der Waals surface area (Å²) in [5.41, 5.74) is 2.55. The van der Waals surface area contributed by atoms with Gasteiger partial charge in [-0.05, 0) is 37.3 Å². The van der Waals surface area contributed by atoms with Gasteiger partial charge in [-0.2, -0.15) is 0 Å². The van der Waals surface area contributed by atoms with Gasteiger partial charge in [-0.1, -0.05) is 60.6 Å². The van der Waals surface area contributed by atoms with E-state index in [2.05, 4.69) is 43.4 Å². The van der Waals surface area contributed by atoms with Gasteiger partial charge < -0.3 is 0 Å². The molecule has 0 amide bonds.